The molecule has 2 aromatic rings. The lowest BCUT2D eigenvalue weighted by Crippen LogP contribution is -2.12. The summed E-state index contributed by atoms with van der Waals surface area (Å²) in [6, 6.07) is 5.65. The van der Waals surface area contributed by atoms with E-state index in [1.54, 1.807) is 18.9 Å². The number of nitrogens with zero attached hydrogens (tertiary/aromatic N) is 4. The predicted octanol–water partition coefficient (Wildman–Crippen LogP) is 0.240. The van der Waals surface area contributed by atoms with Gasteiger partial charge < -0.3 is 15.2 Å². The van der Waals surface area contributed by atoms with Crippen LogP contribution in [0.5, 0.6) is 11.5 Å². The molecule has 7 heteroatoms. The van der Waals surface area contributed by atoms with Gasteiger partial charge in [0.25, 0.3) is 0 Å². The molecule has 7 nitrogen and oxygen atoms in total. The molecule has 1 aromatic heterocycles. The number of aromatic nitrogens is 4. The fourth-order valence-corrected chi connectivity index (χ4v) is 1.80. The van der Waals surface area contributed by atoms with Crippen LogP contribution in [0.3, 0.4) is 0 Å². The zero-order valence-electron chi connectivity index (χ0n) is 11.0. The molecule has 0 saturated carbocycles. The lowest BCUT2D eigenvalue weighted by molar-refractivity contribution is 0.389. The van der Waals surface area contributed by atoms with Crippen molar-refractivity contribution in [1.82, 2.24) is 20.2 Å². The van der Waals surface area contributed by atoms with Crippen LogP contribution < -0.4 is 15.2 Å². The van der Waals surface area contributed by atoms with Crippen LogP contribution in [0.2, 0.25) is 0 Å². The molecule has 102 valence electrons. The molecule has 0 amide bonds. The van der Waals surface area contributed by atoms with E-state index >= 15 is 0 Å². The van der Waals surface area contributed by atoms with Crippen molar-refractivity contribution in [3.63, 3.8) is 0 Å². The van der Waals surface area contributed by atoms with Gasteiger partial charge in [0.2, 0.25) is 0 Å². The van der Waals surface area contributed by atoms with E-state index in [0.717, 1.165) is 22.9 Å². The third kappa shape index (κ3) is 3.00. The first-order valence-corrected chi connectivity index (χ1v) is 5.94. The zero-order valence-corrected chi connectivity index (χ0v) is 11.0. The van der Waals surface area contributed by atoms with Gasteiger partial charge in [-0.2, -0.15) is 0 Å². The Morgan fingerprint density at radius 2 is 2.11 bits per heavy atom. The molecule has 0 aliphatic rings. The molecule has 0 radical (unpaired) electrons. The average Bonchev–Trinajstić information content (AvgIpc) is 2.87. The van der Waals surface area contributed by atoms with Crippen molar-refractivity contribution >= 4 is 0 Å². The second kappa shape index (κ2) is 6.14. The summed E-state index contributed by atoms with van der Waals surface area (Å²) in [6.45, 7) is 1.05. The van der Waals surface area contributed by atoms with Crippen LogP contribution in [-0.4, -0.2) is 41.0 Å². The van der Waals surface area contributed by atoms with Crippen molar-refractivity contribution in [3.05, 3.63) is 29.6 Å². The SMILES string of the molecule is COc1ccc(Cn2nnnc2CCN)c(OC)c1. The highest BCUT2D eigenvalue weighted by atomic mass is 16.5. The second-order valence-corrected chi connectivity index (χ2v) is 3.97. The van der Waals surface area contributed by atoms with Crippen LogP contribution in [0.1, 0.15) is 11.4 Å². The number of nitrogens with two attached hydrogens (primary N) is 1. The third-order valence-corrected chi connectivity index (χ3v) is 2.79. The van der Waals surface area contributed by atoms with E-state index in [1.807, 2.05) is 18.2 Å². The van der Waals surface area contributed by atoms with Crippen LogP contribution in [0, 0.1) is 0 Å². The molecular weight excluding hydrogens is 246 g/mol. The van der Waals surface area contributed by atoms with E-state index in [1.165, 1.54) is 0 Å². The van der Waals surface area contributed by atoms with E-state index in [-0.39, 0.29) is 0 Å². The van der Waals surface area contributed by atoms with Crippen molar-refractivity contribution in [2.24, 2.45) is 5.73 Å². The molecule has 0 fully saturated rings. The molecule has 1 heterocycles. The minimum absolute atomic E-state index is 0.514. The fraction of sp³-hybridized carbons (Fsp3) is 0.417. The Morgan fingerprint density at radius 1 is 1.26 bits per heavy atom. The summed E-state index contributed by atoms with van der Waals surface area (Å²) < 4.78 is 12.2. The summed E-state index contributed by atoms with van der Waals surface area (Å²) in [5, 5.41) is 11.6. The Labute approximate surface area is 111 Å². The predicted molar refractivity (Wildman–Crippen MR) is 69.2 cm³/mol. The Bertz CT molecular complexity index is 541. The summed E-state index contributed by atoms with van der Waals surface area (Å²) in [4.78, 5) is 0. The zero-order chi connectivity index (χ0) is 13.7. The molecule has 2 rings (SSSR count). The minimum atomic E-state index is 0.514. The lowest BCUT2D eigenvalue weighted by atomic mass is 10.2. The van der Waals surface area contributed by atoms with Gasteiger partial charge >= 0.3 is 0 Å². The van der Waals surface area contributed by atoms with Crippen LogP contribution in [-0.2, 0) is 13.0 Å². The maximum atomic E-state index is 5.53. The summed E-state index contributed by atoms with van der Waals surface area (Å²) in [5.41, 5.74) is 6.51. The molecule has 0 atom stereocenters. The smallest absolute Gasteiger partial charge is 0.152 e. The van der Waals surface area contributed by atoms with Gasteiger partial charge in [0.1, 0.15) is 11.5 Å². The number of rotatable bonds is 6. The highest BCUT2D eigenvalue weighted by Crippen LogP contribution is 2.25. The number of tetrazole rings is 1. The molecule has 0 unspecified atom stereocenters. The van der Waals surface area contributed by atoms with Gasteiger partial charge in [0, 0.05) is 18.1 Å². The van der Waals surface area contributed by atoms with Crippen LogP contribution in [0.15, 0.2) is 18.2 Å². The first kappa shape index (κ1) is 13.3. The summed E-state index contributed by atoms with van der Waals surface area (Å²) in [6.07, 6.45) is 0.644. The molecule has 0 saturated heterocycles. The standard InChI is InChI=1S/C12H17N5O2/c1-18-10-4-3-9(11(7-10)19-2)8-17-12(5-6-13)14-15-16-17/h3-4,7H,5-6,8,13H2,1-2H3. The molecular formula is C12H17N5O2. The van der Waals surface area contributed by atoms with Crippen molar-refractivity contribution in [3.8, 4) is 11.5 Å². The van der Waals surface area contributed by atoms with Crippen LogP contribution in [0.25, 0.3) is 0 Å². The molecule has 19 heavy (non-hydrogen) atoms. The lowest BCUT2D eigenvalue weighted by Gasteiger charge is -2.11. The van der Waals surface area contributed by atoms with Gasteiger partial charge in [0.05, 0.1) is 20.8 Å². The molecule has 0 aliphatic heterocycles. The van der Waals surface area contributed by atoms with E-state index in [4.69, 9.17) is 15.2 Å². The van der Waals surface area contributed by atoms with Crippen molar-refractivity contribution in [2.45, 2.75) is 13.0 Å². The van der Waals surface area contributed by atoms with Crippen LogP contribution >= 0.6 is 0 Å². The normalized spacial score (nSPS) is 10.5. The topological polar surface area (TPSA) is 88.1 Å². The van der Waals surface area contributed by atoms with Gasteiger partial charge in [-0.1, -0.05) is 0 Å². The van der Waals surface area contributed by atoms with Crippen LogP contribution in [0.4, 0.5) is 0 Å². The molecule has 1 aromatic carbocycles. The van der Waals surface area contributed by atoms with Crippen molar-refractivity contribution in [1.29, 1.82) is 0 Å². The Kier molecular flexibility index (Phi) is 4.30. The summed E-state index contributed by atoms with van der Waals surface area (Å²) in [5.74, 6) is 2.26. The number of ether oxygens (including phenoxy) is 2. The van der Waals surface area contributed by atoms with Crippen molar-refractivity contribution < 1.29 is 9.47 Å². The highest BCUT2D eigenvalue weighted by Gasteiger charge is 2.10. The number of hydrogen-bond acceptors (Lipinski definition) is 6. The highest BCUT2D eigenvalue weighted by molar-refractivity contribution is 5.40. The third-order valence-electron chi connectivity index (χ3n) is 2.79. The molecule has 0 bridgehead atoms. The second-order valence-electron chi connectivity index (χ2n) is 3.97. The summed E-state index contributed by atoms with van der Waals surface area (Å²) in [7, 11) is 3.24. The average molecular weight is 263 g/mol. The Balaban J connectivity index is 2.24. The molecule has 0 spiro atoms. The number of hydrogen-bond donors (Lipinski definition) is 1. The van der Waals surface area contributed by atoms with Gasteiger partial charge in [0.15, 0.2) is 5.82 Å². The monoisotopic (exact) mass is 263 g/mol. The first-order valence-electron chi connectivity index (χ1n) is 5.94. The minimum Gasteiger partial charge on any atom is -0.497 e. The van der Waals surface area contributed by atoms with Gasteiger partial charge in [-0.15, -0.1) is 5.10 Å². The first-order chi connectivity index (χ1) is 9.28. The van der Waals surface area contributed by atoms with Gasteiger partial charge in [-0.25, -0.2) is 4.68 Å². The maximum Gasteiger partial charge on any atom is 0.152 e. The Morgan fingerprint density at radius 3 is 2.79 bits per heavy atom. The number of methoxy groups -OCH3 is 2. The Hall–Kier alpha value is -2.15. The van der Waals surface area contributed by atoms with E-state index in [0.29, 0.717) is 19.5 Å². The van der Waals surface area contributed by atoms with E-state index in [9.17, 15) is 0 Å². The van der Waals surface area contributed by atoms with E-state index < -0.39 is 0 Å². The van der Waals surface area contributed by atoms with Gasteiger partial charge in [-0.3, -0.25) is 0 Å². The number of benzene rings is 1. The molecule has 2 N–H and O–H groups in total. The fourth-order valence-electron chi connectivity index (χ4n) is 1.80. The largest absolute Gasteiger partial charge is 0.497 e. The van der Waals surface area contributed by atoms with E-state index in [2.05, 4.69) is 15.5 Å². The quantitative estimate of drug-likeness (QED) is 0.803. The summed E-state index contributed by atoms with van der Waals surface area (Å²) >= 11 is 0. The maximum absolute atomic E-state index is 5.53. The van der Waals surface area contributed by atoms with Crippen molar-refractivity contribution in [2.75, 3.05) is 20.8 Å². The molecule has 0 aliphatic carbocycles. The van der Waals surface area contributed by atoms with Gasteiger partial charge in [-0.05, 0) is 29.1 Å².